The van der Waals surface area contributed by atoms with Crippen LogP contribution in [-0.2, 0) is 20.7 Å². The molecule has 0 spiro atoms. The first kappa shape index (κ1) is 17.8. The molecule has 0 aliphatic rings. The minimum Gasteiger partial charge on any atom is -0.497 e. The zero-order valence-electron chi connectivity index (χ0n) is 13.7. The van der Waals surface area contributed by atoms with Crippen molar-refractivity contribution in [2.75, 3.05) is 20.8 Å². The summed E-state index contributed by atoms with van der Waals surface area (Å²) in [5.74, 6) is 0.351. The molecule has 0 aliphatic heterocycles. The first-order chi connectivity index (χ1) is 10.2. The lowest BCUT2D eigenvalue weighted by atomic mass is 10.1. The van der Waals surface area contributed by atoms with Crippen LogP contribution in [0.25, 0.3) is 0 Å². The Labute approximate surface area is 130 Å². The second kappa shape index (κ2) is 7.68. The Balaban J connectivity index is 2.57. The number of amides is 1. The third kappa shape index (κ3) is 6.03. The predicted octanol–water partition coefficient (Wildman–Crippen LogP) is 1.70. The minimum absolute atomic E-state index is 0.0238. The van der Waals surface area contributed by atoms with Crippen LogP contribution in [0.3, 0.4) is 0 Å². The average molecular weight is 309 g/mol. The van der Waals surface area contributed by atoms with E-state index in [1.807, 2.05) is 20.8 Å². The number of hydrogen-bond acceptors (Lipinski definition) is 5. The molecule has 1 N–H and O–H groups in total. The quantitative estimate of drug-likeness (QED) is 0.810. The maximum Gasteiger partial charge on any atom is 0.310 e. The summed E-state index contributed by atoms with van der Waals surface area (Å²) < 4.78 is 15.3. The summed E-state index contributed by atoms with van der Waals surface area (Å²) in [6.45, 7) is 5.27. The highest BCUT2D eigenvalue weighted by molar-refractivity contribution is 5.81. The van der Waals surface area contributed by atoms with Crippen LogP contribution < -0.4 is 14.8 Å². The van der Waals surface area contributed by atoms with Gasteiger partial charge in [-0.05, 0) is 26.8 Å². The number of nitrogens with one attached hydrogen (secondary N) is 1. The van der Waals surface area contributed by atoms with Gasteiger partial charge in [0.2, 0.25) is 0 Å². The van der Waals surface area contributed by atoms with Crippen molar-refractivity contribution in [1.29, 1.82) is 0 Å². The molecule has 0 aromatic heterocycles. The van der Waals surface area contributed by atoms with Gasteiger partial charge in [-0.15, -0.1) is 0 Å². The van der Waals surface area contributed by atoms with Crippen LogP contribution >= 0.6 is 0 Å². The molecule has 0 saturated carbocycles. The van der Waals surface area contributed by atoms with Gasteiger partial charge in [-0.1, -0.05) is 6.07 Å². The normalized spacial score (nSPS) is 10.8. The molecule has 0 radical (unpaired) electrons. The molecule has 1 rings (SSSR count). The standard InChI is InChI=1S/C16H23NO5/c1-16(2,3)17-14(18)10-22-15(19)8-11-6-7-12(20-4)9-13(11)21-5/h6-7,9H,8,10H2,1-5H3,(H,17,18). The topological polar surface area (TPSA) is 73.9 Å². The van der Waals surface area contributed by atoms with Gasteiger partial charge in [0.1, 0.15) is 11.5 Å². The zero-order valence-corrected chi connectivity index (χ0v) is 13.7. The van der Waals surface area contributed by atoms with Gasteiger partial charge in [0.05, 0.1) is 20.6 Å². The summed E-state index contributed by atoms with van der Waals surface area (Å²) >= 11 is 0. The van der Waals surface area contributed by atoms with Crippen molar-refractivity contribution < 1.29 is 23.8 Å². The van der Waals surface area contributed by atoms with E-state index in [-0.39, 0.29) is 24.5 Å². The Morgan fingerprint density at radius 1 is 1.14 bits per heavy atom. The lowest BCUT2D eigenvalue weighted by Crippen LogP contribution is -2.42. The van der Waals surface area contributed by atoms with Crippen molar-refractivity contribution in [3.8, 4) is 11.5 Å². The van der Waals surface area contributed by atoms with Gasteiger partial charge in [-0.25, -0.2) is 0 Å². The number of benzene rings is 1. The number of carbonyl (C=O) groups excluding carboxylic acids is 2. The van der Waals surface area contributed by atoms with E-state index < -0.39 is 5.97 Å². The first-order valence-electron chi connectivity index (χ1n) is 6.92. The molecule has 0 bridgehead atoms. The third-order valence-electron chi connectivity index (χ3n) is 2.71. The van der Waals surface area contributed by atoms with E-state index in [0.29, 0.717) is 17.1 Å². The maximum absolute atomic E-state index is 11.8. The van der Waals surface area contributed by atoms with Gasteiger partial charge in [0.15, 0.2) is 6.61 Å². The second-order valence-corrected chi connectivity index (χ2v) is 5.81. The first-order valence-corrected chi connectivity index (χ1v) is 6.92. The lowest BCUT2D eigenvalue weighted by molar-refractivity contribution is -0.148. The molecule has 0 saturated heterocycles. The van der Waals surface area contributed by atoms with Crippen molar-refractivity contribution in [2.45, 2.75) is 32.7 Å². The van der Waals surface area contributed by atoms with E-state index in [2.05, 4.69) is 5.32 Å². The van der Waals surface area contributed by atoms with Crippen LogP contribution in [0.1, 0.15) is 26.3 Å². The highest BCUT2D eigenvalue weighted by Gasteiger charge is 2.16. The SMILES string of the molecule is COc1ccc(CC(=O)OCC(=O)NC(C)(C)C)c(OC)c1. The fourth-order valence-corrected chi connectivity index (χ4v) is 1.80. The summed E-state index contributed by atoms with van der Waals surface area (Å²) in [7, 11) is 3.07. The number of esters is 1. The molecule has 0 heterocycles. The largest absolute Gasteiger partial charge is 0.497 e. The molecule has 122 valence electrons. The Kier molecular flexibility index (Phi) is 6.22. The highest BCUT2D eigenvalue weighted by atomic mass is 16.5. The van der Waals surface area contributed by atoms with Gasteiger partial charge in [-0.3, -0.25) is 9.59 Å². The fourth-order valence-electron chi connectivity index (χ4n) is 1.80. The lowest BCUT2D eigenvalue weighted by Gasteiger charge is -2.20. The third-order valence-corrected chi connectivity index (χ3v) is 2.71. The Morgan fingerprint density at radius 2 is 1.82 bits per heavy atom. The molecular weight excluding hydrogens is 286 g/mol. The van der Waals surface area contributed by atoms with Crippen molar-refractivity contribution in [3.63, 3.8) is 0 Å². The van der Waals surface area contributed by atoms with Crippen LogP contribution in [0.5, 0.6) is 11.5 Å². The molecule has 6 nitrogen and oxygen atoms in total. The van der Waals surface area contributed by atoms with Crippen LogP contribution in [0, 0.1) is 0 Å². The van der Waals surface area contributed by atoms with Crippen LogP contribution in [0.15, 0.2) is 18.2 Å². The molecule has 1 amide bonds. The number of methoxy groups -OCH3 is 2. The molecule has 0 unspecified atom stereocenters. The van der Waals surface area contributed by atoms with Gasteiger partial charge >= 0.3 is 5.97 Å². The number of hydrogen-bond donors (Lipinski definition) is 1. The highest BCUT2D eigenvalue weighted by Crippen LogP contribution is 2.25. The van der Waals surface area contributed by atoms with Crippen LogP contribution in [-0.4, -0.2) is 38.2 Å². The summed E-state index contributed by atoms with van der Waals surface area (Å²) in [5.41, 5.74) is 0.312. The molecule has 22 heavy (non-hydrogen) atoms. The van der Waals surface area contributed by atoms with Crippen LogP contribution in [0.2, 0.25) is 0 Å². The molecule has 1 aromatic carbocycles. The summed E-state index contributed by atoms with van der Waals surface area (Å²) in [5, 5.41) is 2.72. The van der Waals surface area contributed by atoms with E-state index >= 15 is 0 Å². The molecule has 1 aromatic rings. The van der Waals surface area contributed by atoms with Gasteiger partial charge in [0, 0.05) is 17.2 Å². The summed E-state index contributed by atoms with van der Waals surface area (Å²) in [6.07, 6.45) is 0.0238. The summed E-state index contributed by atoms with van der Waals surface area (Å²) in [4.78, 5) is 23.4. The van der Waals surface area contributed by atoms with E-state index in [9.17, 15) is 9.59 Å². The van der Waals surface area contributed by atoms with Gasteiger partial charge in [0.25, 0.3) is 5.91 Å². The molecule has 0 aliphatic carbocycles. The Hall–Kier alpha value is -2.24. The van der Waals surface area contributed by atoms with Gasteiger partial charge < -0.3 is 19.5 Å². The molecule has 0 atom stereocenters. The zero-order chi connectivity index (χ0) is 16.8. The molecule has 6 heteroatoms. The van der Waals surface area contributed by atoms with E-state index in [1.54, 1.807) is 25.3 Å². The van der Waals surface area contributed by atoms with Crippen molar-refractivity contribution in [3.05, 3.63) is 23.8 Å². The Morgan fingerprint density at radius 3 is 2.36 bits per heavy atom. The predicted molar refractivity (Wildman–Crippen MR) is 82.1 cm³/mol. The fraction of sp³-hybridized carbons (Fsp3) is 0.500. The Bertz CT molecular complexity index is 534. The molecule has 0 fully saturated rings. The monoisotopic (exact) mass is 309 g/mol. The van der Waals surface area contributed by atoms with Crippen molar-refractivity contribution >= 4 is 11.9 Å². The second-order valence-electron chi connectivity index (χ2n) is 5.81. The van der Waals surface area contributed by atoms with E-state index in [0.717, 1.165) is 0 Å². The number of rotatable bonds is 6. The summed E-state index contributed by atoms with van der Waals surface area (Å²) in [6, 6.07) is 5.15. The van der Waals surface area contributed by atoms with E-state index in [4.69, 9.17) is 14.2 Å². The van der Waals surface area contributed by atoms with Gasteiger partial charge in [-0.2, -0.15) is 0 Å². The maximum atomic E-state index is 11.8. The number of ether oxygens (including phenoxy) is 3. The van der Waals surface area contributed by atoms with Crippen LogP contribution in [0.4, 0.5) is 0 Å². The average Bonchev–Trinajstić information content (AvgIpc) is 2.43. The minimum atomic E-state index is -0.493. The van der Waals surface area contributed by atoms with Crippen molar-refractivity contribution in [2.24, 2.45) is 0 Å². The van der Waals surface area contributed by atoms with E-state index in [1.165, 1.54) is 7.11 Å². The number of carbonyl (C=O) groups is 2. The molecular formula is C16H23NO5. The smallest absolute Gasteiger partial charge is 0.310 e. The van der Waals surface area contributed by atoms with Crippen molar-refractivity contribution in [1.82, 2.24) is 5.32 Å².